The normalized spacial score (nSPS) is 10.7. The van der Waals surface area contributed by atoms with Gasteiger partial charge in [0.1, 0.15) is 0 Å². The van der Waals surface area contributed by atoms with Crippen LogP contribution in [0.4, 0.5) is 10.1 Å². The van der Waals surface area contributed by atoms with Crippen molar-refractivity contribution in [2.24, 2.45) is 5.92 Å². The zero-order valence-corrected chi connectivity index (χ0v) is 12.1. The van der Waals surface area contributed by atoms with Crippen molar-refractivity contribution in [2.75, 3.05) is 19.8 Å². The molecule has 21 heavy (non-hydrogen) atoms. The Labute approximate surface area is 122 Å². The number of nitro benzene ring substituents is 1. The first-order valence-electron chi connectivity index (χ1n) is 6.71. The monoisotopic (exact) mass is 298 g/mol. The SMILES string of the molecule is CC(C)COCCCNC(=O)c1ccc(F)c([N+](=O)[O-])c1. The van der Waals surface area contributed by atoms with Crippen molar-refractivity contribution >= 4 is 11.6 Å². The number of ether oxygens (including phenoxy) is 1. The first-order valence-corrected chi connectivity index (χ1v) is 6.71. The van der Waals surface area contributed by atoms with Crippen LogP contribution < -0.4 is 5.32 Å². The minimum Gasteiger partial charge on any atom is -0.381 e. The second-order valence-electron chi connectivity index (χ2n) is 5.00. The van der Waals surface area contributed by atoms with E-state index in [4.69, 9.17) is 4.74 Å². The summed E-state index contributed by atoms with van der Waals surface area (Å²) in [7, 11) is 0. The molecule has 0 fully saturated rings. The van der Waals surface area contributed by atoms with Gasteiger partial charge in [-0.2, -0.15) is 4.39 Å². The summed E-state index contributed by atoms with van der Waals surface area (Å²) in [5, 5.41) is 13.2. The maximum atomic E-state index is 13.2. The van der Waals surface area contributed by atoms with E-state index in [0.29, 0.717) is 32.1 Å². The summed E-state index contributed by atoms with van der Waals surface area (Å²) in [4.78, 5) is 21.5. The van der Waals surface area contributed by atoms with Crippen molar-refractivity contribution in [2.45, 2.75) is 20.3 Å². The van der Waals surface area contributed by atoms with Crippen LogP contribution in [0.25, 0.3) is 0 Å². The van der Waals surface area contributed by atoms with Gasteiger partial charge in [0.2, 0.25) is 5.82 Å². The van der Waals surface area contributed by atoms with Crippen LogP contribution in [0, 0.1) is 21.8 Å². The van der Waals surface area contributed by atoms with E-state index in [-0.39, 0.29) is 5.56 Å². The van der Waals surface area contributed by atoms with Crippen LogP contribution in [0.15, 0.2) is 18.2 Å². The lowest BCUT2D eigenvalue weighted by molar-refractivity contribution is -0.387. The fourth-order valence-electron chi connectivity index (χ4n) is 1.59. The van der Waals surface area contributed by atoms with Crippen molar-refractivity contribution in [1.29, 1.82) is 0 Å². The smallest absolute Gasteiger partial charge is 0.305 e. The van der Waals surface area contributed by atoms with Crippen LogP contribution in [-0.4, -0.2) is 30.6 Å². The molecule has 0 aromatic heterocycles. The first-order chi connectivity index (χ1) is 9.91. The van der Waals surface area contributed by atoms with Gasteiger partial charge in [0.05, 0.1) is 4.92 Å². The molecule has 0 aliphatic rings. The van der Waals surface area contributed by atoms with E-state index in [2.05, 4.69) is 5.32 Å². The number of rotatable bonds is 8. The lowest BCUT2D eigenvalue weighted by Crippen LogP contribution is -2.25. The predicted molar refractivity (Wildman–Crippen MR) is 75.7 cm³/mol. The molecule has 116 valence electrons. The molecule has 0 saturated heterocycles. The third kappa shape index (κ3) is 5.86. The van der Waals surface area contributed by atoms with Crippen molar-refractivity contribution in [3.8, 4) is 0 Å². The van der Waals surface area contributed by atoms with Crippen molar-refractivity contribution < 1.29 is 18.8 Å². The second kappa shape index (κ2) is 8.31. The molecule has 0 bridgehead atoms. The fourth-order valence-corrected chi connectivity index (χ4v) is 1.59. The highest BCUT2D eigenvalue weighted by molar-refractivity contribution is 5.94. The lowest BCUT2D eigenvalue weighted by atomic mass is 10.2. The van der Waals surface area contributed by atoms with Gasteiger partial charge in [-0.25, -0.2) is 0 Å². The summed E-state index contributed by atoms with van der Waals surface area (Å²) in [6, 6.07) is 3.06. The molecule has 0 radical (unpaired) electrons. The number of carbonyl (C=O) groups excluding carboxylic acids is 1. The lowest BCUT2D eigenvalue weighted by Gasteiger charge is -2.08. The molecule has 0 aliphatic carbocycles. The van der Waals surface area contributed by atoms with Crippen LogP contribution >= 0.6 is 0 Å². The number of amides is 1. The average Bonchev–Trinajstić information content (AvgIpc) is 2.42. The Morgan fingerprint density at radius 1 is 1.48 bits per heavy atom. The highest BCUT2D eigenvalue weighted by Crippen LogP contribution is 2.18. The summed E-state index contributed by atoms with van der Waals surface area (Å²) >= 11 is 0. The molecule has 1 aromatic rings. The van der Waals surface area contributed by atoms with Gasteiger partial charge in [0.15, 0.2) is 0 Å². The molecule has 1 N–H and O–H groups in total. The summed E-state index contributed by atoms with van der Waals surface area (Å²) < 4.78 is 18.5. The number of benzene rings is 1. The zero-order valence-electron chi connectivity index (χ0n) is 12.1. The van der Waals surface area contributed by atoms with Crippen LogP contribution in [0.2, 0.25) is 0 Å². The molecule has 7 heteroatoms. The Kier molecular flexibility index (Phi) is 6.74. The second-order valence-corrected chi connectivity index (χ2v) is 5.00. The van der Waals surface area contributed by atoms with Gasteiger partial charge in [0, 0.05) is 31.4 Å². The van der Waals surface area contributed by atoms with Crippen molar-refractivity contribution in [3.63, 3.8) is 0 Å². The third-order valence-corrected chi connectivity index (χ3v) is 2.61. The maximum absolute atomic E-state index is 13.2. The molecule has 1 aromatic carbocycles. The Balaban J connectivity index is 2.42. The minimum absolute atomic E-state index is 0.0613. The predicted octanol–water partition coefficient (Wildman–Crippen LogP) is 2.53. The number of nitro groups is 1. The van der Waals surface area contributed by atoms with E-state index in [9.17, 15) is 19.3 Å². The molecular formula is C14H19FN2O4. The zero-order chi connectivity index (χ0) is 15.8. The van der Waals surface area contributed by atoms with Crippen LogP contribution in [0.1, 0.15) is 30.6 Å². The maximum Gasteiger partial charge on any atom is 0.305 e. The number of halogens is 1. The van der Waals surface area contributed by atoms with E-state index >= 15 is 0 Å². The van der Waals surface area contributed by atoms with E-state index in [0.717, 1.165) is 12.1 Å². The van der Waals surface area contributed by atoms with Gasteiger partial charge >= 0.3 is 5.69 Å². The highest BCUT2D eigenvalue weighted by Gasteiger charge is 2.17. The van der Waals surface area contributed by atoms with Crippen LogP contribution in [0.5, 0.6) is 0 Å². The number of nitrogens with zero attached hydrogens (tertiary/aromatic N) is 1. The highest BCUT2D eigenvalue weighted by atomic mass is 19.1. The van der Waals surface area contributed by atoms with Crippen LogP contribution in [0.3, 0.4) is 0 Å². The Hall–Kier alpha value is -2.02. The third-order valence-electron chi connectivity index (χ3n) is 2.61. The topological polar surface area (TPSA) is 81.5 Å². The van der Waals surface area contributed by atoms with Crippen molar-refractivity contribution in [1.82, 2.24) is 5.32 Å². The molecule has 0 saturated carbocycles. The van der Waals surface area contributed by atoms with E-state index < -0.39 is 22.3 Å². The number of hydrogen-bond donors (Lipinski definition) is 1. The number of nitrogens with one attached hydrogen (secondary N) is 1. The molecule has 1 amide bonds. The Morgan fingerprint density at radius 2 is 2.19 bits per heavy atom. The fraction of sp³-hybridized carbons (Fsp3) is 0.500. The van der Waals surface area contributed by atoms with E-state index in [1.807, 2.05) is 13.8 Å². The van der Waals surface area contributed by atoms with Gasteiger partial charge in [-0.1, -0.05) is 13.8 Å². The van der Waals surface area contributed by atoms with Gasteiger partial charge in [-0.05, 0) is 24.5 Å². The number of hydrogen-bond acceptors (Lipinski definition) is 4. The van der Waals surface area contributed by atoms with Gasteiger partial charge in [-0.3, -0.25) is 14.9 Å². The Morgan fingerprint density at radius 3 is 2.81 bits per heavy atom. The summed E-state index contributed by atoms with van der Waals surface area (Å²) in [6.45, 7) is 5.68. The molecular weight excluding hydrogens is 279 g/mol. The molecule has 6 nitrogen and oxygen atoms in total. The van der Waals surface area contributed by atoms with Crippen LogP contribution in [-0.2, 0) is 4.74 Å². The quantitative estimate of drug-likeness (QED) is 0.454. The Bertz CT molecular complexity index is 506. The first kappa shape index (κ1) is 17.0. The number of carbonyl (C=O) groups is 1. The average molecular weight is 298 g/mol. The van der Waals surface area contributed by atoms with Gasteiger partial charge in [-0.15, -0.1) is 0 Å². The largest absolute Gasteiger partial charge is 0.381 e. The molecule has 0 atom stereocenters. The van der Waals surface area contributed by atoms with E-state index in [1.165, 1.54) is 6.07 Å². The van der Waals surface area contributed by atoms with Crippen molar-refractivity contribution in [3.05, 3.63) is 39.7 Å². The summed E-state index contributed by atoms with van der Waals surface area (Å²) in [5.41, 5.74) is -0.644. The molecule has 0 unspecified atom stereocenters. The van der Waals surface area contributed by atoms with Gasteiger partial charge < -0.3 is 10.1 Å². The molecule has 0 heterocycles. The van der Waals surface area contributed by atoms with Gasteiger partial charge in [0.25, 0.3) is 5.91 Å². The standard InChI is InChI=1S/C14H19FN2O4/c1-10(2)9-21-7-3-6-16-14(18)11-4-5-12(15)13(8-11)17(19)20/h4-5,8,10H,3,6-7,9H2,1-2H3,(H,16,18). The minimum atomic E-state index is -0.960. The molecule has 1 rings (SSSR count). The van der Waals surface area contributed by atoms with E-state index in [1.54, 1.807) is 0 Å². The molecule has 0 spiro atoms. The molecule has 0 aliphatic heterocycles. The summed E-state index contributed by atoms with van der Waals surface area (Å²) in [5.74, 6) is -0.972. The summed E-state index contributed by atoms with van der Waals surface area (Å²) in [6.07, 6.45) is 0.641.